The van der Waals surface area contributed by atoms with Gasteiger partial charge in [0.2, 0.25) is 0 Å². The van der Waals surface area contributed by atoms with E-state index in [2.05, 4.69) is 9.78 Å². The summed E-state index contributed by atoms with van der Waals surface area (Å²) in [6, 6.07) is 0. The van der Waals surface area contributed by atoms with Gasteiger partial charge in [0, 0.05) is 0 Å². The lowest BCUT2D eigenvalue weighted by atomic mass is 10.5. The van der Waals surface area contributed by atoms with E-state index in [9.17, 15) is 13.2 Å². The van der Waals surface area contributed by atoms with Gasteiger partial charge in [-0.15, -0.1) is 18.1 Å². The molecule has 2 nitrogen and oxygen atoms in total. The Bertz CT molecular complexity index is 70.7. The summed E-state index contributed by atoms with van der Waals surface area (Å²) in [6.07, 6.45) is -4.18. The van der Waals surface area contributed by atoms with Crippen molar-refractivity contribution in [2.45, 2.75) is 19.7 Å². The molecule has 0 radical (unpaired) electrons. The van der Waals surface area contributed by atoms with Gasteiger partial charge in [0.1, 0.15) is 0 Å². The first-order valence-electron chi connectivity index (χ1n) is 2.43. The van der Waals surface area contributed by atoms with Gasteiger partial charge < -0.3 is 0 Å². The molecule has 0 aliphatic heterocycles. The molecule has 0 atom stereocenters. The Morgan fingerprint density at radius 1 is 1.33 bits per heavy atom. The molecule has 0 fully saturated rings. The Kier molecular flexibility index (Phi) is 3.56. The number of rotatable bonds is 3. The van der Waals surface area contributed by atoms with Crippen LogP contribution >= 0.6 is 0 Å². The van der Waals surface area contributed by atoms with Crippen LogP contribution in [0.1, 0.15) is 13.3 Å². The monoisotopic (exact) mass is 144 g/mol. The van der Waals surface area contributed by atoms with Crippen molar-refractivity contribution in [2.75, 3.05) is 6.61 Å². The zero-order valence-corrected chi connectivity index (χ0v) is 4.86. The van der Waals surface area contributed by atoms with Gasteiger partial charge in [-0.2, -0.15) is 0 Å². The number of hydrogen-bond donors (Lipinski definition) is 0. The SMILES string of the molecule is CCCOOC(F)(F)F. The van der Waals surface area contributed by atoms with Crippen LogP contribution < -0.4 is 0 Å². The van der Waals surface area contributed by atoms with Crippen molar-refractivity contribution in [3.63, 3.8) is 0 Å². The van der Waals surface area contributed by atoms with E-state index >= 15 is 0 Å². The summed E-state index contributed by atoms with van der Waals surface area (Å²) in [5, 5.41) is 0. The summed E-state index contributed by atoms with van der Waals surface area (Å²) >= 11 is 0. The predicted octanol–water partition coefficient (Wildman–Crippen LogP) is 1.86. The molecule has 0 aromatic rings. The summed E-state index contributed by atoms with van der Waals surface area (Å²) in [5.41, 5.74) is 0. The van der Waals surface area contributed by atoms with E-state index in [1.54, 1.807) is 6.92 Å². The molecule has 0 saturated carbocycles. The Labute approximate surface area is 50.5 Å². The van der Waals surface area contributed by atoms with Gasteiger partial charge in [-0.1, -0.05) is 6.92 Å². The minimum absolute atomic E-state index is 0.0422. The highest BCUT2D eigenvalue weighted by Crippen LogP contribution is 2.15. The van der Waals surface area contributed by atoms with Crippen LogP contribution in [0.25, 0.3) is 0 Å². The molecule has 0 aliphatic carbocycles. The highest BCUT2D eigenvalue weighted by molar-refractivity contribution is 4.18. The molecular formula is C4H7F3O2. The Hall–Kier alpha value is -0.290. The van der Waals surface area contributed by atoms with Crippen molar-refractivity contribution in [3.8, 4) is 0 Å². The second-order valence-electron chi connectivity index (χ2n) is 1.35. The van der Waals surface area contributed by atoms with Crippen LogP contribution in [0.2, 0.25) is 0 Å². The summed E-state index contributed by atoms with van der Waals surface area (Å²) in [7, 11) is 0. The summed E-state index contributed by atoms with van der Waals surface area (Å²) in [4.78, 5) is 6.69. The maximum absolute atomic E-state index is 11.0. The zero-order valence-electron chi connectivity index (χ0n) is 4.86. The maximum atomic E-state index is 11.0. The highest BCUT2D eigenvalue weighted by atomic mass is 19.4. The van der Waals surface area contributed by atoms with E-state index in [0.29, 0.717) is 6.42 Å². The van der Waals surface area contributed by atoms with Crippen LogP contribution in [0, 0.1) is 0 Å². The minimum atomic E-state index is -4.67. The first-order valence-corrected chi connectivity index (χ1v) is 2.43. The molecule has 5 heteroatoms. The normalized spacial score (nSPS) is 12.0. The van der Waals surface area contributed by atoms with Crippen LogP contribution in [-0.2, 0) is 9.78 Å². The molecule has 56 valence electrons. The van der Waals surface area contributed by atoms with Crippen molar-refractivity contribution in [1.82, 2.24) is 0 Å². The van der Waals surface area contributed by atoms with E-state index in [0.717, 1.165) is 0 Å². The Balaban J connectivity index is 3.07. The Morgan fingerprint density at radius 3 is 2.22 bits per heavy atom. The number of alkyl halides is 3. The lowest BCUT2D eigenvalue weighted by Gasteiger charge is -2.03. The standard InChI is InChI=1S/C4H7F3O2/c1-2-3-8-9-4(5,6)7/h2-3H2,1H3. The fraction of sp³-hybridized carbons (Fsp3) is 1.00. The third-order valence-electron chi connectivity index (χ3n) is 0.441. The minimum Gasteiger partial charge on any atom is -0.229 e. The van der Waals surface area contributed by atoms with E-state index in [1.807, 2.05) is 0 Å². The highest BCUT2D eigenvalue weighted by Gasteiger charge is 2.30. The number of halogens is 3. The second-order valence-corrected chi connectivity index (χ2v) is 1.35. The van der Waals surface area contributed by atoms with Crippen molar-refractivity contribution in [1.29, 1.82) is 0 Å². The van der Waals surface area contributed by atoms with Crippen LogP contribution in [0.5, 0.6) is 0 Å². The van der Waals surface area contributed by atoms with Crippen LogP contribution in [0.3, 0.4) is 0 Å². The third-order valence-corrected chi connectivity index (χ3v) is 0.441. The first kappa shape index (κ1) is 8.71. The van der Waals surface area contributed by atoms with Crippen molar-refractivity contribution in [3.05, 3.63) is 0 Å². The van der Waals surface area contributed by atoms with E-state index in [-0.39, 0.29) is 6.61 Å². The summed E-state index contributed by atoms with van der Waals surface area (Å²) in [6.45, 7) is 1.64. The van der Waals surface area contributed by atoms with Gasteiger partial charge in [0.15, 0.2) is 0 Å². The smallest absolute Gasteiger partial charge is 0.229 e. The molecule has 0 aromatic carbocycles. The molecule has 0 bridgehead atoms. The largest absolute Gasteiger partial charge is 0.549 e. The van der Waals surface area contributed by atoms with E-state index in [4.69, 9.17) is 0 Å². The van der Waals surface area contributed by atoms with Crippen molar-refractivity contribution in [2.24, 2.45) is 0 Å². The van der Waals surface area contributed by atoms with Gasteiger partial charge >= 0.3 is 6.36 Å². The second kappa shape index (κ2) is 3.68. The van der Waals surface area contributed by atoms with E-state index < -0.39 is 6.36 Å². The summed E-state index contributed by atoms with van der Waals surface area (Å²) < 4.78 is 33.1. The molecule has 0 spiro atoms. The fourth-order valence-electron chi connectivity index (χ4n) is 0.192. The van der Waals surface area contributed by atoms with Gasteiger partial charge in [0.05, 0.1) is 6.61 Å². The molecule has 0 unspecified atom stereocenters. The average Bonchev–Trinajstić information content (AvgIpc) is 1.63. The fourth-order valence-corrected chi connectivity index (χ4v) is 0.192. The van der Waals surface area contributed by atoms with Gasteiger partial charge in [-0.3, -0.25) is 0 Å². The topological polar surface area (TPSA) is 18.5 Å². The molecule has 0 heterocycles. The lowest BCUT2D eigenvalue weighted by Crippen LogP contribution is -2.13. The van der Waals surface area contributed by atoms with Crippen LogP contribution in [0.15, 0.2) is 0 Å². The van der Waals surface area contributed by atoms with Gasteiger partial charge in [-0.25, -0.2) is 4.89 Å². The molecule has 0 aromatic heterocycles. The van der Waals surface area contributed by atoms with Gasteiger partial charge in [-0.05, 0) is 6.42 Å². The van der Waals surface area contributed by atoms with Crippen LogP contribution in [0.4, 0.5) is 13.2 Å². The molecule has 0 aliphatic rings. The predicted molar refractivity (Wildman–Crippen MR) is 23.4 cm³/mol. The molecule has 9 heavy (non-hydrogen) atoms. The third kappa shape index (κ3) is 7.71. The molecule has 0 rings (SSSR count). The van der Waals surface area contributed by atoms with E-state index in [1.165, 1.54) is 0 Å². The summed E-state index contributed by atoms with van der Waals surface area (Å²) in [5.74, 6) is 0. The molecular weight excluding hydrogens is 137 g/mol. The lowest BCUT2D eigenvalue weighted by molar-refractivity contribution is -0.484. The van der Waals surface area contributed by atoms with Crippen molar-refractivity contribution < 1.29 is 22.9 Å². The zero-order chi connectivity index (χ0) is 7.33. The van der Waals surface area contributed by atoms with Crippen LogP contribution in [-0.4, -0.2) is 13.0 Å². The molecule has 0 saturated heterocycles. The first-order chi connectivity index (χ1) is 4.06. The maximum Gasteiger partial charge on any atom is 0.549 e. The van der Waals surface area contributed by atoms with Crippen molar-refractivity contribution >= 4 is 0 Å². The Morgan fingerprint density at radius 2 is 1.89 bits per heavy atom. The molecule has 0 amide bonds. The van der Waals surface area contributed by atoms with Gasteiger partial charge in [0.25, 0.3) is 0 Å². The quantitative estimate of drug-likeness (QED) is 0.342. The number of hydrogen-bond acceptors (Lipinski definition) is 2. The molecule has 0 N–H and O–H groups in total. The average molecular weight is 144 g/mol.